The maximum atomic E-state index is 12.6. The number of nitrogens with one attached hydrogen (secondary N) is 2. The third-order valence-electron chi connectivity index (χ3n) is 5.95. The predicted molar refractivity (Wildman–Crippen MR) is 114 cm³/mol. The largest absolute Gasteiger partial charge is 0.497 e. The van der Waals surface area contributed by atoms with Gasteiger partial charge in [0.2, 0.25) is 5.91 Å². The molecule has 2 aliphatic rings. The van der Waals surface area contributed by atoms with Crippen LogP contribution in [0.25, 0.3) is 0 Å². The van der Waals surface area contributed by atoms with Gasteiger partial charge in [-0.2, -0.15) is 5.26 Å². The Hall–Kier alpha value is -2.36. The summed E-state index contributed by atoms with van der Waals surface area (Å²) in [5.74, 6) is 0.890. The first kappa shape index (κ1) is 19.9. The molecule has 1 atom stereocenters. The maximum absolute atomic E-state index is 12.6. The normalized spacial score (nSPS) is 16.6. The highest BCUT2D eigenvalue weighted by Gasteiger charge is 2.33. The zero-order valence-corrected chi connectivity index (χ0v) is 17.7. The number of thiophene rings is 1. The van der Waals surface area contributed by atoms with Crippen LogP contribution in [-0.4, -0.2) is 25.6 Å². The first-order chi connectivity index (χ1) is 14.2. The summed E-state index contributed by atoms with van der Waals surface area (Å²) in [5.41, 5.74) is 3.14. The van der Waals surface area contributed by atoms with E-state index in [-0.39, 0.29) is 5.91 Å². The molecular formula is C23H28N3O2S+. The van der Waals surface area contributed by atoms with E-state index in [4.69, 9.17) is 4.74 Å². The van der Waals surface area contributed by atoms with Gasteiger partial charge in [0.25, 0.3) is 0 Å². The van der Waals surface area contributed by atoms with E-state index in [0.29, 0.717) is 18.0 Å². The molecule has 29 heavy (non-hydrogen) atoms. The molecule has 0 saturated heterocycles. The standard InChI is InChI=1S/C23H27N3O2S/c1-28-18-10-6-16(7-11-18)15-26(17-8-9-17)13-12-22(27)25-23-20(14-24)19-4-2-3-5-21(19)29-23/h6-7,10-11,17H,2-5,8-9,12-13,15H2,1H3,(H,25,27)/p+1. The van der Waals surface area contributed by atoms with Gasteiger partial charge in [0.15, 0.2) is 0 Å². The summed E-state index contributed by atoms with van der Waals surface area (Å²) in [6.45, 7) is 1.74. The van der Waals surface area contributed by atoms with E-state index < -0.39 is 0 Å². The number of carbonyl (C=O) groups excluding carboxylic acids is 1. The minimum Gasteiger partial charge on any atom is -0.497 e. The lowest BCUT2D eigenvalue weighted by Gasteiger charge is -2.19. The fourth-order valence-corrected chi connectivity index (χ4v) is 5.43. The molecule has 5 nitrogen and oxygen atoms in total. The highest BCUT2D eigenvalue weighted by molar-refractivity contribution is 7.16. The number of aryl methyl sites for hydroxylation is 1. The molecule has 0 spiro atoms. The van der Waals surface area contributed by atoms with Crippen LogP contribution in [0, 0.1) is 11.3 Å². The smallest absolute Gasteiger partial charge is 0.230 e. The fraction of sp³-hybridized carbons (Fsp3) is 0.478. The molecule has 152 valence electrons. The van der Waals surface area contributed by atoms with E-state index in [9.17, 15) is 10.1 Å². The van der Waals surface area contributed by atoms with Crippen molar-refractivity contribution in [3.63, 3.8) is 0 Å². The Labute approximate surface area is 176 Å². The van der Waals surface area contributed by atoms with Crippen molar-refractivity contribution in [3.05, 3.63) is 45.8 Å². The molecule has 4 rings (SSSR count). The number of hydrogen-bond donors (Lipinski definition) is 2. The van der Waals surface area contributed by atoms with Crippen molar-refractivity contribution in [2.45, 2.75) is 57.5 Å². The zero-order chi connectivity index (χ0) is 20.2. The van der Waals surface area contributed by atoms with Gasteiger partial charge in [-0.25, -0.2) is 0 Å². The summed E-state index contributed by atoms with van der Waals surface area (Å²) < 4.78 is 5.24. The molecule has 1 aromatic carbocycles. The second kappa shape index (κ2) is 8.98. The number of ether oxygens (including phenoxy) is 1. The molecule has 1 amide bonds. The second-order valence-electron chi connectivity index (χ2n) is 8.03. The number of quaternary nitrogens is 1. The molecule has 2 aliphatic carbocycles. The average molecular weight is 411 g/mol. The molecule has 1 aromatic heterocycles. The molecule has 1 heterocycles. The third kappa shape index (κ3) is 4.80. The molecule has 0 aliphatic heterocycles. The van der Waals surface area contributed by atoms with Crippen molar-refractivity contribution in [2.24, 2.45) is 0 Å². The van der Waals surface area contributed by atoms with E-state index in [1.165, 1.54) is 40.2 Å². The Bertz CT molecular complexity index is 909. The van der Waals surface area contributed by atoms with Crippen molar-refractivity contribution >= 4 is 22.2 Å². The van der Waals surface area contributed by atoms with Crippen molar-refractivity contribution in [1.29, 1.82) is 5.26 Å². The quantitative estimate of drug-likeness (QED) is 0.703. The predicted octanol–water partition coefficient (Wildman–Crippen LogP) is 3.08. The Morgan fingerprint density at radius 1 is 1.28 bits per heavy atom. The number of carbonyl (C=O) groups is 1. The minimum atomic E-state index is 0.0213. The molecule has 1 fully saturated rings. The van der Waals surface area contributed by atoms with Gasteiger partial charge < -0.3 is 15.0 Å². The molecule has 0 radical (unpaired) electrons. The number of anilines is 1. The topological polar surface area (TPSA) is 66.6 Å². The summed E-state index contributed by atoms with van der Waals surface area (Å²) >= 11 is 1.60. The Morgan fingerprint density at radius 3 is 2.72 bits per heavy atom. The highest BCUT2D eigenvalue weighted by Crippen LogP contribution is 2.37. The van der Waals surface area contributed by atoms with Crippen LogP contribution in [0.2, 0.25) is 0 Å². The molecule has 0 bridgehead atoms. The number of nitrogens with zero attached hydrogens (tertiary/aromatic N) is 1. The van der Waals surface area contributed by atoms with Crippen LogP contribution < -0.4 is 15.0 Å². The van der Waals surface area contributed by atoms with E-state index in [0.717, 1.165) is 43.1 Å². The molecule has 1 saturated carbocycles. The molecule has 2 N–H and O–H groups in total. The maximum Gasteiger partial charge on any atom is 0.230 e. The second-order valence-corrected chi connectivity index (χ2v) is 9.14. The van der Waals surface area contributed by atoms with Gasteiger partial charge in [-0.05, 0) is 55.5 Å². The monoisotopic (exact) mass is 410 g/mol. The van der Waals surface area contributed by atoms with Crippen molar-refractivity contribution in [2.75, 3.05) is 19.0 Å². The van der Waals surface area contributed by atoms with Crippen molar-refractivity contribution in [1.82, 2.24) is 0 Å². The SMILES string of the molecule is COc1ccc(C[NH+](CCC(=O)Nc2sc3c(c2C#N)CCCC3)C2CC2)cc1. The van der Waals surface area contributed by atoms with Gasteiger partial charge in [-0.15, -0.1) is 11.3 Å². The van der Waals surface area contributed by atoms with Gasteiger partial charge in [-0.3, -0.25) is 4.79 Å². The number of nitriles is 1. The van der Waals surface area contributed by atoms with Gasteiger partial charge in [0, 0.05) is 23.3 Å². The van der Waals surface area contributed by atoms with Crippen LogP contribution in [-0.2, 0) is 24.2 Å². The Balaban J connectivity index is 1.35. The summed E-state index contributed by atoms with van der Waals surface area (Å²) in [7, 11) is 1.68. The summed E-state index contributed by atoms with van der Waals surface area (Å²) in [6, 6.07) is 11.2. The number of benzene rings is 1. The zero-order valence-electron chi connectivity index (χ0n) is 16.9. The third-order valence-corrected chi connectivity index (χ3v) is 7.16. The lowest BCUT2D eigenvalue weighted by molar-refractivity contribution is -0.924. The van der Waals surface area contributed by atoms with E-state index in [1.807, 2.05) is 12.1 Å². The van der Waals surface area contributed by atoms with Gasteiger partial charge in [0.05, 0.1) is 31.7 Å². The lowest BCUT2D eigenvalue weighted by Crippen LogP contribution is -3.12. The number of hydrogen-bond acceptors (Lipinski definition) is 4. The van der Waals surface area contributed by atoms with Gasteiger partial charge in [-0.1, -0.05) is 0 Å². The van der Waals surface area contributed by atoms with Crippen molar-refractivity contribution in [3.8, 4) is 11.8 Å². The highest BCUT2D eigenvalue weighted by atomic mass is 32.1. The fourth-order valence-electron chi connectivity index (χ4n) is 4.17. The molecule has 2 aromatic rings. The Kier molecular flexibility index (Phi) is 6.17. The molecule has 6 heteroatoms. The van der Waals surface area contributed by atoms with Gasteiger partial charge >= 0.3 is 0 Å². The molecular weight excluding hydrogens is 382 g/mol. The Morgan fingerprint density at radius 2 is 2.03 bits per heavy atom. The summed E-state index contributed by atoms with van der Waals surface area (Å²) in [6.07, 6.45) is 7.27. The van der Waals surface area contributed by atoms with Crippen LogP contribution in [0.5, 0.6) is 5.75 Å². The average Bonchev–Trinajstić information content (AvgIpc) is 3.53. The van der Waals surface area contributed by atoms with Crippen LogP contribution >= 0.6 is 11.3 Å². The van der Waals surface area contributed by atoms with E-state index in [2.05, 4.69) is 23.5 Å². The first-order valence-electron chi connectivity index (χ1n) is 10.5. The molecule has 1 unspecified atom stereocenters. The summed E-state index contributed by atoms with van der Waals surface area (Å²) in [5, 5.41) is 13.4. The lowest BCUT2D eigenvalue weighted by atomic mass is 9.96. The number of methoxy groups -OCH3 is 1. The van der Waals surface area contributed by atoms with Crippen LogP contribution in [0.4, 0.5) is 5.00 Å². The van der Waals surface area contributed by atoms with E-state index in [1.54, 1.807) is 18.4 Å². The number of rotatable bonds is 8. The number of amides is 1. The number of fused-ring (bicyclic) bond motifs is 1. The first-order valence-corrected chi connectivity index (χ1v) is 11.3. The van der Waals surface area contributed by atoms with E-state index >= 15 is 0 Å². The van der Waals surface area contributed by atoms with Crippen LogP contribution in [0.3, 0.4) is 0 Å². The van der Waals surface area contributed by atoms with Gasteiger partial charge in [0.1, 0.15) is 23.4 Å². The van der Waals surface area contributed by atoms with Crippen LogP contribution in [0.15, 0.2) is 24.3 Å². The summed E-state index contributed by atoms with van der Waals surface area (Å²) in [4.78, 5) is 15.4. The van der Waals surface area contributed by atoms with Crippen molar-refractivity contribution < 1.29 is 14.4 Å². The van der Waals surface area contributed by atoms with Crippen LogP contribution in [0.1, 0.15) is 53.7 Å². The minimum absolute atomic E-state index is 0.0213.